The lowest BCUT2D eigenvalue weighted by molar-refractivity contribution is 0.253. The summed E-state index contributed by atoms with van der Waals surface area (Å²) in [4.78, 5) is 3.98. The Morgan fingerprint density at radius 1 is 1.38 bits per heavy atom. The second-order valence-electron chi connectivity index (χ2n) is 3.51. The summed E-state index contributed by atoms with van der Waals surface area (Å²) in [6.07, 6.45) is 4.91. The van der Waals surface area contributed by atoms with Crippen LogP contribution in [0, 0.1) is 0 Å². The van der Waals surface area contributed by atoms with E-state index in [1.807, 2.05) is 6.07 Å². The number of nitrogens with two attached hydrogens (primary N) is 1. The van der Waals surface area contributed by atoms with Crippen molar-refractivity contribution >= 4 is 23.2 Å². The van der Waals surface area contributed by atoms with Crippen LogP contribution in [0.2, 0.25) is 10.2 Å². The molecule has 13 heavy (non-hydrogen) atoms. The number of halogens is 2. The van der Waals surface area contributed by atoms with Gasteiger partial charge in [-0.25, -0.2) is 4.98 Å². The molecule has 1 aromatic rings. The molecule has 2 nitrogen and oxygen atoms in total. The summed E-state index contributed by atoms with van der Waals surface area (Å²) < 4.78 is 0. The summed E-state index contributed by atoms with van der Waals surface area (Å²) in [5.74, 6) is 0. The Hall–Kier alpha value is -0.310. The van der Waals surface area contributed by atoms with Gasteiger partial charge in [0.25, 0.3) is 0 Å². The normalized spacial score (nSPS) is 19.6. The predicted octanol–water partition coefficient (Wildman–Crippen LogP) is 2.73. The molecule has 0 atom stereocenters. The first-order valence-corrected chi connectivity index (χ1v) is 4.98. The van der Waals surface area contributed by atoms with E-state index in [-0.39, 0.29) is 5.54 Å². The fourth-order valence-electron chi connectivity index (χ4n) is 1.54. The van der Waals surface area contributed by atoms with Gasteiger partial charge in [0.2, 0.25) is 0 Å². The van der Waals surface area contributed by atoms with Gasteiger partial charge in [-0.15, -0.1) is 0 Å². The summed E-state index contributed by atoms with van der Waals surface area (Å²) in [6.45, 7) is 0. The van der Waals surface area contributed by atoms with Crippen LogP contribution in [0.1, 0.15) is 24.8 Å². The van der Waals surface area contributed by atoms with Crippen LogP contribution in [0.4, 0.5) is 0 Å². The molecule has 1 aromatic heterocycles. The van der Waals surface area contributed by atoms with Crippen molar-refractivity contribution in [1.29, 1.82) is 0 Å². The third-order valence-electron chi connectivity index (χ3n) is 2.62. The fourth-order valence-corrected chi connectivity index (χ4v) is 1.81. The number of aromatic nitrogens is 1. The van der Waals surface area contributed by atoms with Crippen molar-refractivity contribution in [3.63, 3.8) is 0 Å². The monoisotopic (exact) mass is 216 g/mol. The fraction of sp³-hybridized carbons (Fsp3) is 0.444. The van der Waals surface area contributed by atoms with Gasteiger partial charge < -0.3 is 5.73 Å². The quantitative estimate of drug-likeness (QED) is 0.734. The number of hydrogen-bond donors (Lipinski definition) is 1. The lowest BCUT2D eigenvalue weighted by Gasteiger charge is -2.38. The minimum absolute atomic E-state index is 0.207. The smallest absolute Gasteiger partial charge is 0.147 e. The predicted molar refractivity (Wildman–Crippen MR) is 54.0 cm³/mol. The van der Waals surface area contributed by atoms with E-state index in [0.29, 0.717) is 10.2 Å². The van der Waals surface area contributed by atoms with Gasteiger partial charge in [0.1, 0.15) is 5.15 Å². The standard InChI is InChI=1S/C9H10Cl2N2/c10-7-4-6(5-13-8(7)11)9(12)2-1-3-9/h4-5H,1-3,12H2. The lowest BCUT2D eigenvalue weighted by atomic mass is 9.73. The molecule has 4 heteroatoms. The number of rotatable bonds is 1. The van der Waals surface area contributed by atoms with Gasteiger partial charge in [0.05, 0.1) is 5.02 Å². The third-order valence-corrected chi connectivity index (χ3v) is 3.30. The summed E-state index contributed by atoms with van der Waals surface area (Å²) in [7, 11) is 0. The average Bonchev–Trinajstić information content (AvgIpc) is 2.06. The molecule has 0 bridgehead atoms. The van der Waals surface area contributed by atoms with Gasteiger partial charge in [0, 0.05) is 11.7 Å². The molecule has 1 fully saturated rings. The summed E-state index contributed by atoms with van der Waals surface area (Å²) in [5.41, 5.74) is 6.89. The Balaban J connectivity index is 2.36. The Kier molecular flexibility index (Phi) is 2.22. The van der Waals surface area contributed by atoms with Gasteiger partial charge in [-0.1, -0.05) is 23.2 Å². The van der Waals surface area contributed by atoms with Crippen molar-refractivity contribution < 1.29 is 0 Å². The van der Waals surface area contributed by atoms with Gasteiger partial charge in [-0.05, 0) is 30.9 Å². The van der Waals surface area contributed by atoms with Crippen molar-refractivity contribution in [2.45, 2.75) is 24.8 Å². The molecule has 0 aromatic carbocycles. The Bertz CT molecular complexity index is 334. The molecule has 1 saturated carbocycles. The molecule has 0 spiro atoms. The number of pyridine rings is 1. The highest BCUT2D eigenvalue weighted by Gasteiger charge is 2.34. The van der Waals surface area contributed by atoms with E-state index >= 15 is 0 Å². The molecule has 70 valence electrons. The summed E-state index contributed by atoms with van der Waals surface area (Å²) in [6, 6.07) is 1.82. The Morgan fingerprint density at radius 2 is 2.08 bits per heavy atom. The molecular weight excluding hydrogens is 207 g/mol. The molecule has 0 amide bonds. The van der Waals surface area contributed by atoms with Crippen molar-refractivity contribution in [2.24, 2.45) is 5.73 Å². The topological polar surface area (TPSA) is 38.9 Å². The highest BCUT2D eigenvalue weighted by atomic mass is 35.5. The lowest BCUT2D eigenvalue weighted by Crippen LogP contribution is -2.43. The van der Waals surface area contributed by atoms with Crippen LogP contribution in [0.15, 0.2) is 12.3 Å². The van der Waals surface area contributed by atoms with Gasteiger partial charge in [-0.2, -0.15) is 0 Å². The Labute approximate surface area is 87.1 Å². The van der Waals surface area contributed by atoms with Crippen LogP contribution in [0.3, 0.4) is 0 Å². The zero-order valence-electron chi connectivity index (χ0n) is 7.06. The second-order valence-corrected chi connectivity index (χ2v) is 4.27. The highest BCUT2D eigenvalue weighted by molar-refractivity contribution is 6.41. The first-order valence-electron chi connectivity index (χ1n) is 4.22. The van der Waals surface area contributed by atoms with E-state index in [4.69, 9.17) is 28.9 Å². The highest BCUT2D eigenvalue weighted by Crippen LogP contribution is 2.39. The maximum Gasteiger partial charge on any atom is 0.147 e. The molecule has 0 aliphatic heterocycles. The van der Waals surface area contributed by atoms with Gasteiger partial charge >= 0.3 is 0 Å². The SMILES string of the molecule is NC1(c2cnc(Cl)c(Cl)c2)CCC1. The van der Waals surface area contributed by atoms with Crippen LogP contribution in [0.5, 0.6) is 0 Å². The Morgan fingerprint density at radius 3 is 2.54 bits per heavy atom. The zero-order chi connectivity index (χ0) is 9.47. The van der Waals surface area contributed by atoms with Crippen LogP contribution in [0.25, 0.3) is 0 Å². The van der Waals surface area contributed by atoms with E-state index in [9.17, 15) is 0 Å². The van der Waals surface area contributed by atoms with Crippen LogP contribution < -0.4 is 5.73 Å². The molecule has 2 rings (SSSR count). The van der Waals surface area contributed by atoms with E-state index in [0.717, 1.165) is 18.4 Å². The summed E-state index contributed by atoms with van der Waals surface area (Å²) in [5, 5.41) is 0.823. The number of hydrogen-bond acceptors (Lipinski definition) is 2. The van der Waals surface area contributed by atoms with Crippen molar-refractivity contribution in [1.82, 2.24) is 4.98 Å². The van der Waals surface area contributed by atoms with Crippen LogP contribution >= 0.6 is 23.2 Å². The molecule has 1 aliphatic carbocycles. The van der Waals surface area contributed by atoms with Crippen LogP contribution in [-0.2, 0) is 5.54 Å². The van der Waals surface area contributed by atoms with Crippen molar-refractivity contribution in [3.05, 3.63) is 28.0 Å². The van der Waals surface area contributed by atoms with Gasteiger partial charge in [-0.3, -0.25) is 0 Å². The van der Waals surface area contributed by atoms with E-state index in [2.05, 4.69) is 4.98 Å². The van der Waals surface area contributed by atoms with E-state index in [1.165, 1.54) is 6.42 Å². The average molecular weight is 217 g/mol. The molecule has 0 unspecified atom stereocenters. The van der Waals surface area contributed by atoms with Crippen LogP contribution in [-0.4, -0.2) is 4.98 Å². The first kappa shape index (κ1) is 9.25. The summed E-state index contributed by atoms with van der Waals surface area (Å²) >= 11 is 11.6. The first-order chi connectivity index (χ1) is 6.12. The molecule has 0 saturated heterocycles. The van der Waals surface area contributed by atoms with E-state index in [1.54, 1.807) is 6.20 Å². The maximum atomic E-state index is 6.10. The van der Waals surface area contributed by atoms with E-state index < -0.39 is 0 Å². The number of nitrogens with zero attached hydrogens (tertiary/aromatic N) is 1. The van der Waals surface area contributed by atoms with Crippen molar-refractivity contribution in [2.75, 3.05) is 0 Å². The molecule has 1 heterocycles. The second kappa shape index (κ2) is 3.12. The molecule has 1 aliphatic rings. The largest absolute Gasteiger partial charge is 0.321 e. The molecule has 0 radical (unpaired) electrons. The minimum Gasteiger partial charge on any atom is -0.321 e. The zero-order valence-corrected chi connectivity index (χ0v) is 8.57. The maximum absolute atomic E-state index is 6.10. The van der Waals surface area contributed by atoms with Gasteiger partial charge in [0.15, 0.2) is 0 Å². The van der Waals surface area contributed by atoms with Crippen molar-refractivity contribution in [3.8, 4) is 0 Å². The third kappa shape index (κ3) is 1.54. The molecular formula is C9H10Cl2N2. The molecule has 2 N–H and O–H groups in total. The minimum atomic E-state index is -0.207.